The van der Waals surface area contributed by atoms with Crippen LogP contribution in [-0.4, -0.2) is 26.1 Å². The molecule has 0 heterocycles. The summed E-state index contributed by atoms with van der Waals surface area (Å²) in [6.45, 7) is 5.16. The highest BCUT2D eigenvalue weighted by atomic mass is 16.5. The van der Waals surface area contributed by atoms with E-state index in [2.05, 4.69) is 45.0 Å². The van der Waals surface area contributed by atoms with Gasteiger partial charge in [-0.3, -0.25) is 0 Å². The molecule has 0 aliphatic rings. The third-order valence-corrected chi connectivity index (χ3v) is 2.38. The number of rotatable bonds is 3. The van der Waals surface area contributed by atoms with Gasteiger partial charge in [-0.1, -0.05) is 6.07 Å². The van der Waals surface area contributed by atoms with Crippen LogP contribution < -0.4 is 4.74 Å². The van der Waals surface area contributed by atoms with Crippen molar-refractivity contribution in [3.05, 3.63) is 28.8 Å². The number of hydrogen-bond acceptors (Lipinski definition) is 2. The van der Waals surface area contributed by atoms with Gasteiger partial charge in [-0.05, 0) is 45.1 Å². The summed E-state index contributed by atoms with van der Waals surface area (Å²) in [5.74, 6) is 0.988. The first-order chi connectivity index (χ1) is 6.54. The fourth-order valence-corrected chi connectivity index (χ4v) is 1.50. The second-order valence-corrected chi connectivity index (χ2v) is 3.99. The molecule has 0 saturated carbocycles. The zero-order chi connectivity index (χ0) is 10.7. The third kappa shape index (κ3) is 2.48. The van der Waals surface area contributed by atoms with E-state index in [1.807, 2.05) is 0 Å². The van der Waals surface area contributed by atoms with Gasteiger partial charge in [-0.15, -0.1) is 0 Å². The van der Waals surface area contributed by atoms with Crippen LogP contribution in [0.3, 0.4) is 0 Å². The van der Waals surface area contributed by atoms with Crippen molar-refractivity contribution in [1.82, 2.24) is 4.90 Å². The third-order valence-electron chi connectivity index (χ3n) is 2.38. The first-order valence-corrected chi connectivity index (χ1v) is 4.83. The topological polar surface area (TPSA) is 12.5 Å². The molecule has 0 atom stereocenters. The SMILES string of the molecule is COc1cc(C)c(C)cc1CN(C)C. The van der Waals surface area contributed by atoms with Gasteiger partial charge in [0.05, 0.1) is 7.11 Å². The summed E-state index contributed by atoms with van der Waals surface area (Å²) in [5.41, 5.74) is 3.85. The van der Waals surface area contributed by atoms with Gasteiger partial charge in [-0.2, -0.15) is 0 Å². The molecular weight excluding hydrogens is 174 g/mol. The normalized spacial score (nSPS) is 10.7. The van der Waals surface area contributed by atoms with Crippen LogP contribution in [0.25, 0.3) is 0 Å². The summed E-state index contributed by atoms with van der Waals surface area (Å²) in [4.78, 5) is 2.15. The summed E-state index contributed by atoms with van der Waals surface area (Å²) in [6.07, 6.45) is 0. The lowest BCUT2D eigenvalue weighted by atomic mass is 10.0. The molecule has 14 heavy (non-hydrogen) atoms. The Hall–Kier alpha value is -1.02. The van der Waals surface area contributed by atoms with Crippen LogP contribution in [0.1, 0.15) is 16.7 Å². The second kappa shape index (κ2) is 4.47. The Morgan fingerprint density at radius 2 is 1.71 bits per heavy atom. The van der Waals surface area contributed by atoms with Gasteiger partial charge in [0.15, 0.2) is 0 Å². The number of aryl methyl sites for hydroxylation is 2. The molecule has 0 fully saturated rings. The highest BCUT2D eigenvalue weighted by Gasteiger charge is 2.06. The highest BCUT2D eigenvalue weighted by molar-refractivity contribution is 5.41. The van der Waals surface area contributed by atoms with Crippen molar-refractivity contribution in [3.63, 3.8) is 0 Å². The average molecular weight is 193 g/mol. The molecular formula is C12H19NO. The van der Waals surface area contributed by atoms with E-state index in [4.69, 9.17) is 4.74 Å². The fraction of sp³-hybridized carbons (Fsp3) is 0.500. The molecule has 1 aromatic carbocycles. The number of nitrogens with zero attached hydrogens (tertiary/aromatic N) is 1. The Morgan fingerprint density at radius 1 is 1.14 bits per heavy atom. The largest absolute Gasteiger partial charge is 0.496 e. The van der Waals surface area contributed by atoms with Crippen molar-refractivity contribution < 1.29 is 4.74 Å². The molecule has 0 aliphatic heterocycles. The predicted molar refractivity (Wildman–Crippen MR) is 59.9 cm³/mol. The summed E-state index contributed by atoms with van der Waals surface area (Å²) in [5, 5.41) is 0. The molecule has 78 valence electrons. The van der Waals surface area contributed by atoms with Crippen LogP contribution in [0.4, 0.5) is 0 Å². The molecule has 2 nitrogen and oxygen atoms in total. The lowest BCUT2D eigenvalue weighted by Gasteiger charge is -2.15. The van der Waals surface area contributed by atoms with E-state index in [-0.39, 0.29) is 0 Å². The van der Waals surface area contributed by atoms with Crippen LogP contribution in [0.5, 0.6) is 5.75 Å². The lowest BCUT2D eigenvalue weighted by molar-refractivity contribution is 0.371. The zero-order valence-corrected chi connectivity index (χ0v) is 9.72. The Bertz CT molecular complexity index is 318. The molecule has 0 aromatic heterocycles. The van der Waals surface area contributed by atoms with Crippen LogP contribution >= 0.6 is 0 Å². The van der Waals surface area contributed by atoms with Gasteiger partial charge in [0.25, 0.3) is 0 Å². The van der Waals surface area contributed by atoms with Crippen molar-refractivity contribution in [2.75, 3.05) is 21.2 Å². The molecule has 0 N–H and O–H groups in total. The first kappa shape index (κ1) is 11.1. The molecule has 1 rings (SSSR count). The van der Waals surface area contributed by atoms with E-state index in [1.165, 1.54) is 16.7 Å². The minimum atomic E-state index is 0.921. The maximum Gasteiger partial charge on any atom is 0.123 e. The smallest absolute Gasteiger partial charge is 0.123 e. The predicted octanol–water partition coefficient (Wildman–Crippen LogP) is 2.37. The Kier molecular flexibility index (Phi) is 3.53. The zero-order valence-electron chi connectivity index (χ0n) is 9.72. The Balaban J connectivity index is 3.07. The van der Waals surface area contributed by atoms with Gasteiger partial charge in [0.2, 0.25) is 0 Å². The quantitative estimate of drug-likeness (QED) is 0.730. The van der Waals surface area contributed by atoms with E-state index in [1.54, 1.807) is 7.11 Å². The van der Waals surface area contributed by atoms with Crippen molar-refractivity contribution in [3.8, 4) is 5.75 Å². The van der Waals surface area contributed by atoms with Crippen molar-refractivity contribution in [1.29, 1.82) is 0 Å². The minimum absolute atomic E-state index is 0.921. The molecule has 0 saturated heterocycles. The highest BCUT2D eigenvalue weighted by Crippen LogP contribution is 2.23. The lowest BCUT2D eigenvalue weighted by Crippen LogP contribution is -2.11. The van der Waals surface area contributed by atoms with Crippen LogP contribution in [0.2, 0.25) is 0 Å². The van der Waals surface area contributed by atoms with E-state index >= 15 is 0 Å². The van der Waals surface area contributed by atoms with E-state index in [9.17, 15) is 0 Å². The molecule has 2 heteroatoms. The minimum Gasteiger partial charge on any atom is -0.496 e. The second-order valence-electron chi connectivity index (χ2n) is 3.99. The molecule has 0 aliphatic carbocycles. The molecule has 0 spiro atoms. The number of benzene rings is 1. The van der Waals surface area contributed by atoms with Crippen molar-refractivity contribution in [2.45, 2.75) is 20.4 Å². The van der Waals surface area contributed by atoms with Crippen LogP contribution in [0.15, 0.2) is 12.1 Å². The molecule has 1 aromatic rings. The summed E-state index contributed by atoms with van der Waals surface area (Å²) in [7, 11) is 5.85. The molecule has 0 radical (unpaired) electrons. The monoisotopic (exact) mass is 193 g/mol. The van der Waals surface area contributed by atoms with Gasteiger partial charge in [0, 0.05) is 12.1 Å². The molecule has 0 unspecified atom stereocenters. The van der Waals surface area contributed by atoms with Crippen LogP contribution in [-0.2, 0) is 6.54 Å². The van der Waals surface area contributed by atoms with E-state index in [0.29, 0.717) is 0 Å². The van der Waals surface area contributed by atoms with Crippen molar-refractivity contribution >= 4 is 0 Å². The number of hydrogen-bond donors (Lipinski definition) is 0. The Labute approximate surface area is 86.5 Å². The van der Waals surface area contributed by atoms with Gasteiger partial charge >= 0.3 is 0 Å². The average Bonchev–Trinajstić information content (AvgIpc) is 2.10. The maximum absolute atomic E-state index is 5.36. The Morgan fingerprint density at radius 3 is 2.21 bits per heavy atom. The summed E-state index contributed by atoms with van der Waals surface area (Å²) < 4.78 is 5.36. The fourth-order valence-electron chi connectivity index (χ4n) is 1.50. The summed E-state index contributed by atoms with van der Waals surface area (Å²) in [6, 6.07) is 4.31. The van der Waals surface area contributed by atoms with Gasteiger partial charge in [-0.25, -0.2) is 0 Å². The molecule has 0 amide bonds. The number of ether oxygens (including phenoxy) is 1. The number of methoxy groups -OCH3 is 1. The van der Waals surface area contributed by atoms with E-state index in [0.717, 1.165) is 12.3 Å². The van der Waals surface area contributed by atoms with Gasteiger partial charge in [0.1, 0.15) is 5.75 Å². The van der Waals surface area contributed by atoms with Crippen molar-refractivity contribution in [2.24, 2.45) is 0 Å². The molecule has 0 bridgehead atoms. The van der Waals surface area contributed by atoms with E-state index < -0.39 is 0 Å². The van der Waals surface area contributed by atoms with Crippen LogP contribution in [0, 0.1) is 13.8 Å². The standard InChI is InChI=1S/C12H19NO/c1-9-6-11(8-13(3)4)12(14-5)7-10(9)2/h6-7H,8H2,1-5H3. The maximum atomic E-state index is 5.36. The summed E-state index contributed by atoms with van der Waals surface area (Å²) >= 11 is 0. The van der Waals surface area contributed by atoms with Gasteiger partial charge < -0.3 is 9.64 Å². The first-order valence-electron chi connectivity index (χ1n) is 4.83.